The van der Waals surface area contributed by atoms with E-state index >= 15 is 0 Å². The predicted molar refractivity (Wildman–Crippen MR) is 68.3 cm³/mol. The van der Waals surface area contributed by atoms with E-state index in [0.717, 1.165) is 0 Å². The lowest BCUT2D eigenvalue weighted by atomic mass is 9.98. The molecule has 0 spiro atoms. The second-order valence-corrected chi connectivity index (χ2v) is 4.02. The second kappa shape index (κ2) is 4.86. The zero-order valence-electron chi connectivity index (χ0n) is 9.13. The predicted octanol–water partition coefficient (Wildman–Crippen LogP) is 3.79. The lowest BCUT2D eigenvalue weighted by Gasteiger charge is -2.06. The normalized spacial score (nSPS) is 9.78. The van der Waals surface area contributed by atoms with Gasteiger partial charge >= 0.3 is 0 Å². The maximum atomic E-state index is 11.1. The molecule has 0 aliphatic carbocycles. The number of hydrogen-bond acceptors (Lipinski definition) is 3. The fourth-order valence-electron chi connectivity index (χ4n) is 1.73. The van der Waals surface area contributed by atoms with E-state index in [-0.39, 0.29) is 16.3 Å². The van der Waals surface area contributed by atoms with Crippen molar-refractivity contribution in [2.24, 2.45) is 0 Å². The Bertz CT molecular complexity index is 648. The first-order valence-corrected chi connectivity index (χ1v) is 5.44. The lowest BCUT2D eigenvalue weighted by Crippen LogP contribution is -1.95. The third-order valence-corrected chi connectivity index (χ3v) is 2.68. The van der Waals surface area contributed by atoms with Gasteiger partial charge < -0.3 is 0 Å². The second-order valence-electron chi connectivity index (χ2n) is 3.58. The van der Waals surface area contributed by atoms with Crippen LogP contribution < -0.4 is 0 Å². The molecule has 2 aromatic carbocycles. The van der Waals surface area contributed by atoms with Gasteiger partial charge in [0.05, 0.1) is 16.1 Å². The van der Waals surface area contributed by atoms with Crippen LogP contribution in [0.3, 0.4) is 0 Å². The summed E-state index contributed by atoms with van der Waals surface area (Å²) in [6.07, 6.45) is 0. The summed E-state index contributed by atoms with van der Waals surface area (Å²) >= 11 is 5.78. The smallest absolute Gasteiger partial charge is 0.258 e. The van der Waals surface area contributed by atoms with Crippen molar-refractivity contribution >= 4 is 17.3 Å². The summed E-state index contributed by atoms with van der Waals surface area (Å²) in [5.74, 6) is 0. The molecule has 88 valence electrons. The Labute approximate surface area is 108 Å². The van der Waals surface area contributed by atoms with Gasteiger partial charge in [-0.25, -0.2) is 0 Å². The van der Waals surface area contributed by atoms with Crippen LogP contribution in [0.5, 0.6) is 0 Å². The Kier molecular flexibility index (Phi) is 3.26. The molecule has 0 bridgehead atoms. The van der Waals surface area contributed by atoms with Crippen LogP contribution in [-0.2, 0) is 0 Å². The van der Waals surface area contributed by atoms with Crippen molar-refractivity contribution in [2.75, 3.05) is 0 Å². The van der Waals surface area contributed by atoms with Gasteiger partial charge in [-0.15, -0.1) is 0 Å². The number of halogens is 1. The van der Waals surface area contributed by atoms with E-state index < -0.39 is 4.92 Å². The van der Waals surface area contributed by atoms with Crippen molar-refractivity contribution in [3.63, 3.8) is 0 Å². The zero-order chi connectivity index (χ0) is 13.1. The van der Waals surface area contributed by atoms with E-state index in [4.69, 9.17) is 16.9 Å². The molecule has 0 N–H and O–H groups in total. The van der Waals surface area contributed by atoms with Crippen LogP contribution in [0.15, 0.2) is 42.5 Å². The molecule has 0 aliphatic rings. The topological polar surface area (TPSA) is 66.9 Å². The Balaban J connectivity index is 2.80. The number of hydrogen-bond donors (Lipinski definition) is 0. The molecule has 0 aromatic heterocycles. The van der Waals surface area contributed by atoms with Crippen molar-refractivity contribution in [2.45, 2.75) is 0 Å². The Morgan fingerprint density at radius 1 is 1.22 bits per heavy atom. The molecular formula is C13H7ClN2O2. The number of nitro groups is 1. The SMILES string of the molecule is N#Cc1cc(Cl)cc([N+](=O)[O-])c1-c1ccccc1. The molecule has 0 amide bonds. The standard InChI is InChI=1S/C13H7ClN2O2/c14-11-6-10(8-15)13(12(7-11)16(17)18)9-4-2-1-3-5-9/h1-7H. The van der Waals surface area contributed by atoms with Crippen LogP contribution in [0.1, 0.15) is 5.56 Å². The average molecular weight is 259 g/mol. The Morgan fingerprint density at radius 3 is 2.44 bits per heavy atom. The molecule has 5 heteroatoms. The van der Waals surface area contributed by atoms with Gasteiger partial charge in [-0.1, -0.05) is 41.9 Å². The van der Waals surface area contributed by atoms with E-state index in [1.165, 1.54) is 12.1 Å². The summed E-state index contributed by atoms with van der Waals surface area (Å²) in [7, 11) is 0. The van der Waals surface area contributed by atoms with E-state index in [1.54, 1.807) is 30.3 Å². The van der Waals surface area contributed by atoms with E-state index in [0.29, 0.717) is 11.1 Å². The minimum Gasteiger partial charge on any atom is -0.258 e. The first-order valence-electron chi connectivity index (χ1n) is 5.07. The van der Waals surface area contributed by atoms with Crippen LogP contribution >= 0.6 is 11.6 Å². The molecular weight excluding hydrogens is 252 g/mol. The summed E-state index contributed by atoms with van der Waals surface area (Å²) in [6, 6.07) is 13.4. The van der Waals surface area contributed by atoms with Crippen LogP contribution in [0.4, 0.5) is 5.69 Å². The summed E-state index contributed by atoms with van der Waals surface area (Å²) in [6.45, 7) is 0. The molecule has 18 heavy (non-hydrogen) atoms. The molecule has 0 saturated heterocycles. The fourth-order valence-corrected chi connectivity index (χ4v) is 1.95. The van der Waals surface area contributed by atoms with Gasteiger partial charge in [0, 0.05) is 11.1 Å². The molecule has 0 unspecified atom stereocenters. The summed E-state index contributed by atoms with van der Waals surface area (Å²) in [4.78, 5) is 10.5. The third kappa shape index (κ3) is 2.17. The summed E-state index contributed by atoms with van der Waals surface area (Å²) in [5.41, 5.74) is 0.954. The van der Waals surface area contributed by atoms with Crippen molar-refractivity contribution in [1.82, 2.24) is 0 Å². The van der Waals surface area contributed by atoms with E-state index in [9.17, 15) is 10.1 Å². The van der Waals surface area contributed by atoms with Crippen molar-refractivity contribution in [3.8, 4) is 17.2 Å². The molecule has 0 heterocycles. The minimum atomic E-state index is -0.533. The van der Waals surface area contributed by atoms with Crippen LogP contribution in [0.2, 0.25) is 5.02 Å². The average Bonchev–Trinajstić information content (AvgIpc) is 2.38. The zero-order valence-corrected chi connectivity index (χ0v) is 9.89. The number of rotatable bonds is 2. The van der Waals surface area contributed by atoms with Crippen molar-refractivity contribution in [1.29, 1.82) is 5.26 Å². The first kappa shape index (κ1) is 12.1. The summed E-state index contributed by atoms with van der Waals surface area (Å²) in [5, 5.41) is 20.3. The molecule has 4 nitrogen and oxygen atoms in total. The quantitative estimate of drug-likeness (QED) is 0.608. The first-order chi connectivity index (χ1) is 8.63. The maximum absolute atomic E-state index is 11.1. The van der Waals surface area contributed by atoms with Gasteiger partial charge in [-0.05, 0) is 11.6 Å². The van der Waals surface area contributed by atoms with Crippen LogP contribution in [-0.4, -0.2) is 4.92 Å². The Hall–Kier alpha value is -2.38. The van der Waals surface area contributed by atoms with Gasteiger partial charge in [0.25, 0.3) is 5.69 Å². The van der Waals surface area contributed by atoms with Gasteiger partial charge in [-0.2, -0.15) is 5.26 Å². The van der Waals surface area contributed by atoms with Gasteiger partial charge in [0.15, 0.2) is 0 Å². The number of benzene rings is 2. The minimum absolute atomic E-state index is 0.162. The molecule has 0 fully saturated rings. The van der Waals surface area contributed by atoms with E-state index in [2.05, 4.69) is 0 Å². The van der Waals surface area contributed by atoms with Crippen molar-refractivity contribution < 1.29 is 4.92 Å². The van der Waals surface area contributed by atoms with Crippen LogP contribution in [0.25, 0.3) is 11.1 Å². The maximum Gasteiger partial charge on any atom is 0.280 e. The van der Waals surface area contributed by atoms with Gasteiger partial charge in [0.1, 0.15) is 6.07 Å². The van der Waals surface area contributed by atoms with Crippen LogP contribution in [0, 0.1) is 21.4 Å². The molecule has 0 radical (unpaired) electrons. The monoisotopic (exact) mass is 258 g/mol. The molecule has 2 rings (SSSR count). The fraction of sp³-hybridized carbons (Fsp3) is 0. The Morgan fingerprint density at radius 2 is 1.89 bits per heavy atom. The molecule has 0 atom stereocenters. The highest BCUT2D eigenvalue weighted by atomic mass is 35.5. The molecule has 2 aromatic rings. The number of nitro benzene ring substituents is 1. The van der Waals surface area contributed by atoms with Gasteiger partial charge in [0.2, 0.25) is 0 Å². The third-order valence-electron chi connectivity index (χ3n) is 2.46. The largest absolute Gasteiger partial charge is 0.280 e. The highest BCUT2D eigenvalue weighted by molar-refractivity contribution is 6.31. The number of nitriles is 1. The highest BCUT2D eigenvalue weighted by Gasteiger charge is 2.20. The number of nitrogens with zero attached hydrogens (tertiary/aromatic N) is 2. The molecule has 0 aliphatic heterocycles. The molecule has 0 saturated carbocycles. The summed E-state index contributed by atoms with van der Waals surface area (Å²) < 4.78 is 0. The van der Waals surface area contributed by atoms with E-state index in [1.807, 2.05) is 6.07 Å². The highest BCUT2D eigenvalue weighted by Crippen LogP contribution is 2.35. The van der Waals surface area contributed by atoms with Gasteiger partial charge in [-0.3, -0.25) is 10.1 Å². The lowest BCUT2D eigenvalue weighted by molar-refractivity contribution is -0.384. The van der Waals surface area contributed by atoms with Crippen molar-refractivity contribution in [3.05, 3.63) is 63.2 Å².